The number of nitrogens with two attached hydrogens (primary N) is 1. The first-order valence-corrected chi connectivity index (χ1v) is 23.4. The summed E-state index contributed by atoms with van der Waals surface area (Å²) >= 11 is 0. The van der Waals surface area contributed by atoms with Gasteiger partial charge in [-0.1, -0.05) is 174 Å². The predicted molar refractivity (Wildman–Crippen MR) is 219 cm³/mol. The number of hydrogen-bond donors (Lipinski definition) is 2. The molecule has 0 bridgehead atoms. The molecule has 0 aromatic rings. The maximum absolute atomic E-state index is 12.4. The van der Waals surface area contributed by atoms with Crippen molar-refractivity contribution in [1.29, 1.82) is 0 Å². The number of unbranched alkanes of at least 4 members (excludes halogenated alkanes) is 27. The third-order valence-corrected chi connectivity index (χ3v) is 10.4. The van der Waals surface area contributed by atoms with E-state index >= 15 is 0 Å². The van der Waals surface area contributed by atoms with Gasteiger partial charge in [0.2, 0.25) is 0 Å². The molecule has 2 atom stereocenters. The maximum atomic E-state index is 12.4. The molecule has 0 radical (unpaired) electrons. The van der Waals surface area contributed by atoms with Crippen molar-refractivity contribution in [1.82, 2.24) is 0 Å². The van der Waals surface area contributed by atoms with Crippen molar-refractivity contribution in [2.24, 2.45) is 5.73 Å². The zero-order valence-electron chi connectivity index (χ0n) is 34.1. The SMILES string of the molecule is CCCCCCCCC=CCCCCCCC=COC(COC(=O)CCCCCCCCCCCCCCCCCCC)COP(=O)(O)OCCN. The second kappa shape index (κ2) is 41.0. The molecule has 9 heteroatoms. The van der Waals surface area contributed by atoms with Crippen LogP contribution >= 0.6 is 7.82 Å². The summed E-state index contributed by atoms with van der Waals surface area (Å²) in [4.78, 5) is 22.3. The van der Waals surface area contributed by atoms with E-state index in [4.69, 9.17) is 24.3 Å². The van der Waals surface area contributed by atoms with Gasteiger partial charge < -0.3 is 20.1 Å². The number of phosphoric ester groups is 1. The van der Waals surface area contributed by atoms with Gasteiger partial charge >= 0.3 is 13.8 Å². The Morgan fingerprint density at radius 2 is 0.981 bits per heavy atom. The Kier molecular flexibility index (Phi) is 40.1. The molecule has 0 saturated carbocycles. The molecule has 0 amide bonds. The normalized spacial score (nSPS) is 13.6. The molecule has 0 aromatic heterocycles. The summed E-state index contributed by atoms with van der Waals surface area (Å²) in [5, 5.41) is 0. The van der Waals surface area contributed by atoms with Crippen LogP contribution in [0.15, 0.2) is 24.5 Å². The van der Waals surface area contributed by atoms with Crippen LogP contribution in [0.5, 0.6) is 0 Å². The van der Waals surface area contributed by atoms with Gasteiger partial charge in [-0.25, -0.2) is 4.57 Å². The Hall–Kier alpha value is -1.18. The van der Waals surface area contributed by atoms with Gasteiger partial charge in [0.25, 0.3) is 0 Å². The first-order chi connectivity index (χ1) is 25.4. The third kappa shape index (κ3) is 40.0. The molecular weight excluding hydrogens is 673 g/mol. The highest BCUT2D eigenvalue weighted by molar-refractivity contribution is 7.47. The number of hydrogen-bond acceptors (Lipinski definition) is 7. The number of rotatable bonds is 42. The van der Waals surface area contributed by atoms with Crippen molar-refractivity contribution in [3.05, 3.63) is 24.5 Å². The van der Waals surface area contributed by atoms with Gasteiger partial charge in [0.15, 0.2) is 6.10 Å². The molecule has 0 aliphatic carbocycles. The van der Waals surface area contributed by atoms with Gasteiger partial charge in [-0.2, -0.15) is 0 Å². The first-order valence-electron chi connectivity index (χ1n) is 21.9. The lowest BCUT2D eigenvalue weighted by molar-refractivity contribution is -0.147. The molecule has 0 aliphatic rings. The monoisotopic (exact) mass is 758 g/mol. The lowest BCUT2D eigenvalue weighted by Crippen LogP contribution is -2.25. The maximum Gasteiger partial charge on any atom is 0.472 e. The Labute approximate surface area is 321 Å². The lowest BCUT2D eigenvalue weighted by Gasteiger charge is -2.19. The van der Waals surface area contributed by atoms with Gasteiger partial charge in [-0.05, 0) is 51.0 Å². The van der Waals surface area contributed by atoms with E-state index in [-0.39, 0.29) is 32.3 Å². The molecule has 308 valence electrons. The van der Waals surface area contributed by atoms with Crippen molar-refractivity contribution in [2.75, 3.05) is 26.4 Å². The van der Waals surface area contributed by atoms with E-state index in [0.29, 0.717) is 6.42 Å². The van der Waals surface area contributed by atoms with Crippen molar-refractivity contribution >= 4 is 13.8 Å². The van der Waals surface area contributed by atoms with E-state index in [2.05, 4.69) is 26.0 Å². The number of carbonyl (C=O) groups excluding carboxylic acids is 1. The zero-order chi connectivity index (χ0) is 38.1. The minimum Gasteiger partial charge on any atom is -0.492 e. The van der Waals surface area contributed by atoms with Crippen LogP contribution in [0.2, 0.25) is 0 Å². The van der Waals surface area contributed by atoms with Crippen molar-refractivity contribution < 1.29 is 32.8 Å². The highest BCUT2D eigenvalue weighted by Gasteiger charge is 2.24. The van der Waals surface area contributed by atoms with Crippen LogP contribution in [0.1, 0.15) is 213 Å². The van der Waals surface area contributed by atoms with Crippen molar-refractivity contribution in [3.63, 3.8) is 0 Å². The summed E-state index contributed by atoms with van der Waals surface area (Å²) in [6.45, 7) is 4.23. The zero-order valence-corrected chi connectivity index (χ0v) is 35.0. The van der Waals surface area contributed by atoms with E-state index in [1.165, 1.54) is 148 Å². The highest BCUT2D eigenvalue weighted by atomic mass is 31.2. The largest absolute Gasteiger partial charge is 0.492 e. The second-order valence-corrected chi connectivity index (χ2v) is 16.1. The Balaban J connectivity index is 4.05. The molecule has 8 nitrogen and oxygen atoms in total. The topological polar surface area (TPSA) is 117 Å². The fourth-order valence-electron chi connectivity index (χ4n) is 6.15. The van der Waals surface area contributed by atoms with E-state index in [1.54, 1.807) is 6.26 Å². The van der Waals surface area contributed by atoms with Crippen molar-refractivity contribution in [3.8, 4) is 0 Å². The lowest BCUT2D eigenvalue weighted by atomic mass is 10.0. The van der Waals surface area contributed by atoms with Crippen LogP contribution in [0, 0.1) is 0 Å². The number of esters is 1. The molecule has 0 spiro atoms. The standard InChI is InChI=1S/C43H84NO7P/c1-3-5-7-9-11-13-15-17-19-21-22-24-26-28-30-32-34-36-43(45)49-40-42(41-51-52(46,47)50-39-37-44)48-38-35-33-31-29-27-25-23-20-18-16-14-12-10-8-6-4-2/h18,20,35,38,42H,3-17,19,21-34,36-37,39-41,44H2,1-2H3,(H,46,47). The van der Waals surface area contributed by atoms with Crippen LogP contribution in [-0.2, 0) is 27.9 Å². The molecule has 0 aliphatic heterocycles. The predicted octanol–water partition coefficient (Wildman–Crippen LogP) is 13.2. The van der Waals surface area contributed by atoms with Crippen LogP contribution in [0.25, 0.3) is 0 Å². The summed E-state index contributed by atoms with van der Waals surface area (Å²) in [6.07, 6.45) is 45.8. The Bertz CT molecular complexity index is 853. The summed E-state index contributed by atoms with van der Waals surface area (Å²) in [5.74, 6) is -0.289. The summed E-state index contributed by atoms with van der Waals surface area (Å²) in [7, 11) is -4.27. The average molecular weight is 758 g/mol. The smallest absolute Gasteiger partial charge is 0.472 e. The Morgan fingerprint density at radius 3 is 1.42 bits per heavy atom. The number of carbonyl (C=O) groups is 1. The third-order valence-electron chi connectivity index (χ3n) is 9.46. The molecule has 2 unspecified atom stereocenters. The van der Waals surface area contributed by atoms with E-state index in [0.717, 1.165) is 44.9 Å². The summed E-state index contributed by atoms with van der Waals surface area (Å²) in [6, 6.07) is 0. The van der Waals surface area contributed by atoms with Gasteiger partial charge in [-0.15, -0.1) is 0 Å². The van der Waals surface area contributed by atoms with E-state index in [9.17, 15) is 14.3 Å². The molecule has 0 rings (SSSR count). The van der Waals surface area contributed by atoms with Crippen LogP contribution < -0.4 is 5.73 Å². The molecule has 0 saturated heterocycles. The summed E-state index contributed by atoms with van der Waals surface area (Å²) in [5.41, 5.74) is 5.36. The molecule has 0 fully saturated rings. The average Bonchev–Trinajstić information content (AvgIpc) is 3.14. The van der Waals surface area contributed by atoms with Crippen LogP contribution in [-0.4, -0.2) is 43.3 Å². The van der Waals surface area contributed by atoms with Crippen molar-refractivity contribution in [2.45, 2.75) is 219 Å². The quantitative estimate of drug-likeness (QED) is 0.0208. The second-order valence-electron chi connectivity index (χ2n) is 14.6. The van der Waals surface area contributed by atoms with Gasteiger partial charge in [0, 0.05) is 13.0 Å². The highest BCUT2D eigenvalue weighted by Crippen LogP contribution is 2.43. The van der Waals surface area contributed by atoms with Gasteiger partial charge in [-0.3, -0.25) is 13.8 Å². The number of phosphoric acid groups is 1. The fraction of sp³-hybridized carbons (Fsp3) is 0.884. The summed E-state index contributed by atoms with van der Waals surface area (Å²) < 4.78 is 33.2. The Morgan fingerprint density at radius 1 is 0.577 bits per heavy atom. The van der Waals surface area contributed by atoms with Gasteiger partial charge in [0.05, 0.1) is 19.5 Å². The molecule has 0 aromatic carbocycles. The number of ether oxygens (including phenoxy) is 2. The van der Waals surface area contributed by atoms with E-state index < -0.39 is 13.9 Å². The van der Waals surface area contributed by atoms with Crippen LogP contribution in [0.3, 0.4) is 0 Å². The fourth-order valence-corrected chi connectivity index (χ4v) is 6.92. The first kappa shape index (κ1) is 50.8. The van der Waals surface area contributed by atoms with Gasteiger partial charge in [0.1, 0.15) is 6.61 Å². The molecule has 3 N–H and O–H groups in total. The minimum atomic E-state index is -4.27. The molecule has 52 heavy (non-hydrogen) atoms. The van der Waals surface area contributed by atoms with E-state index in [1.807, 2.05) is 6.08 Å². The number of allylic oxidation sites excluding steroid dienone is 3. The molecule has 0 heterocycles. The minimum absolute atomic E-state index is 0.0641. The van der Waals surface area contributed by atoms with Crippen LogP contribution in [0.4, 0.5) is 0 Å². The molecular formula is C43H84NO7P.